The molecule has 2 aromatic carbocycles. The van der Waals surface area contributed by atoms with Crippen LogP contribution in [0, 0.1) is 0 Å². The average molecular weight is 451 g/mol. The van der Waals surface area contributed by atoms with Crippen LogP contribution in [0.2, 0.25) is 5.02 Å². The molecule has 0 radical (unpaired) electrons. The van der Waals surface area contributed by atoms with Crippen molar-refractivity contribution in [2.75, 3.05) is 13.2 Å². The highest BCUT2D eigenvalue weighted by molar-refractivity contribution is 7.89. The van der Waals surface area contributed by atoms with Gasteiger partial charge in [0.05, 0.1) is 4.90 Å². The highest BCUT2D eigenvalue weighted by Crippen LogP contribution is 2.20. The van der Waals surface area contributed by atoms with E-state index in [-0.39, 0.29) is 23.5 Å². The van der Waals surface area contributed by atoms with Crippen LogP contribution in [0.5, 0.6) is 5.75 Å². The van der Waals surface area contributed by atoms with Crippen molar-refractivity contribution in [2.24, 2.45) is 0 Å². The van der Waals surface area contributed by atoms with Gasteiger partial charge < -0.3 is 10.1 Å². The minimum absolute atomic E-state index is 0.0359. The predicted octanol–water partition coefficient (Wildman–Crippen LogP) is 3.69. The van der Waals surface area contributed by atoms with Crippen molar-refractivity contribution in [1.29, 1.82) is 0 Å². The summed E-state index contributed by atoms with van der Waals surface area (Å²) in [5.41, 5.74) is 0.950. The molecule has 8 heteroatoms. The zero-order valence-corrected chi connectivity index (χ0v) is 18.3. The van der Waals surface area contributed by atoms with Gasteiger partial charge in [0, 0.05) is 17.6 Å². The summed E-state index contributed by atoms with van der Waals surface area (Å²) in [7, 11) is -3.49. The maximum Gasteiger partial charge on any atom is 0.257 e. The van der Waals surface area contributed by atoms with Gasteiger partial charge in [0.15, 0.2) is 6.61 Å². The third kappa shape index (κ3) is 7.00. The zero-order chi connectivity index (χ0) is 21.4. The van der Waals surface area contributed by atoms with Crippen molar-refractivity contribution in [3.8, 4) is 5.75 Å². The Morgan fingerprint density at radius 1 is 1.00 bits per heavy atom. The molecule has 0 saturated heterocycles. The number of benzene rings is 2. The number of nitrogens with one attached hydrogen (secondary N) is 2. The van der Waals surface area contributed by atoms with E-state index in [1.165, 1.54) is 6.42 Å². The molecule has 0 spiro atoms. The fourth-order valence-electron chi connectivity index (χ4n) is 3.42. The van der Waals surface area contributed by atoms with Gasteiger partial charge in [-0.05, 0) is 61.2 Å². The van der Waals surface area contributed by atoms with Gasteiger partial charge in [-0.15, -0.1) is 0 Å². The quantitative estimate of drug-likeness (QED) is 0.610. The number of carbonyl (C=O) groups is 1. The first-order chi connectivity index (χ1) is 14.4. The van der Waals surface area contributed by atoms with Gasteiger partial charge in [0.2, 0.25) is 10.0 Å². The first kappa shape index (κ1) is 22.6. The molecule has 0 heterocycles. The van der Waals surface area contributed by atoms with E-state index in [9.17, 15) is 13.2 Å². The second-order valence-corrected chi connectivity index (χ2v) is 9.59. The van der Waals surface area contributed by atoms with Crippen LogP contribution in [-0.2, 0) is 21.2 Å². The molecule has 0 atom stereocenters. The van der Waals surface area contributed by atoms with Crippen molar-refractivity contribution < 1.29 is 17.9 Å². The van der Waals surface area contributed by atoms with Crippen molar-refractivity contribution in [3.05, 3.63) is 59.1 Å². The molecule has 1 amide bonds. The summed E-state index contributed by atoms with van der Waals surface area (Å²) in [4.78, 5) is 12.2. The smallest absolute Gasteiger partial charge is 0.257 e. The molecular weight excluding hydrogens is 424 g/mol. The Labute approximate surface area is 183 Å². The molecule has 1 aliphatic carbocycles. The molecule has 0 aromatic heterocycles. The molecule has 0 aliphatic heterocycles. The van der Waals surface area contributed by atoms with E-state index >= 15 is 0 Å². The molecule has 0 bridgehead atoms. The first-order valence-corrected chi connectivity index (χ1v) is 12.0. The molecule has 6 nitrogen and oxygen atoms in total. The Bertz CT molecular complexity index is 925. The van der Waals surface area contributed by atoms with Gasteiger partial charge in [-0.1, -0.05) is 43.0 Å². The van der Waals surface area contributed by atoms with Crippen LogP contribution in [0.15, 0.2) is 53.4 Å². The van der Waals surface area contributed by atoms with E-state index in [1.54, 1.807) is 48.5 Å². The van der Waals surface area contributed by atoms with E-state index in [0.29, 0.717) is 23.7 Å². The molecule has 30 heavy (non-hydrogen) atoms. The highest BCUT2D eigenvalue weighted by Gasteiger charge is 2.21. The summed E-state index contributed by atoms with van der Waals surface area (Å²) in [6.07, 6.45) is 5.72. The largest absolute Gasteiger partial charge is 0.484 e. The fourth-order valence-corrected chi connectivity index (χ4v) is 4.85. The monoisotopic (exact) mass is 450 g/mol. The zero-order valence-electron chi connectivity index (χ0n) is 16.8. The summed E-state index contributed by atoms with van der Waals surface area (Å²) >= 11 is 5.81. The number of hydrogen-bond donors (Lipinski definition) is 2. The van der Waals surface area contributed by atoms with E-state index in [4.69, 9.17) is 16.3 Å². The first-order valence-electron chi connectivity index (χ1n) is 10.2. The van der Waals surface area contributed by atoms with Gasteiger partial charge >= 0.3 is 0 Å². The summed E-state index contributed by atoms with van der Waals surface area (Å²) in [5, 5.41) is 3.40. The summed E-state index contributed by atoms with van der Waals surface area (Å²) in [5.74, 6) is 0.356. The lowest BCUT2D eigenvalue weighted by Crippen LogP contribution is -2.36. The third-order valence-electron chi connectivity index (χ3n) is 5.08. The van der Waals surface area contributed by atoms with E-state index in [1.807, 2.05) is 0 Å². The van der Waals surface area contributed by atoms with Crippen LogP contribution in [0.3, 0.4) is 0 Å². The van der Waals surface area contributed by atoms with Crippen molar-refractivity contribution in [2.45, 2.75) is 49.5 Å². The molecular formula is C22H27ClN2O4S. The normalized spacial score (nSPS) is 15.0. The molecule has 2 N–H and O–H groups in total. The molecule has 162 valence electrons. The van der Waals surface area contributed by atoms with Crippen molar-refractivity contribution in [3.63, 3.8) is 0 Å². The Kier molecular flexibility index (Phi) is 8.13. The van der Waals surface area contributed by atoms with Crippen LogP contribution in [0.1, 0.15) is 37.7 Å². The van der Waals surface area contributed by atoms with Gasteiger partial charge in [-0.3, -0.25) is 4.79 Å². The number of carbonyl (C=O) groups excluding carboxylic acids is 1. The van der Waals surface area contributed by atoms with Crippen LogP contribution in [-0.4, -0.2) is 33.5 Å². The molecule has 3 rings (SSSR count). The number of rotatable bonds is 9. The summed E-state index contributed by atoms with van der Waals surface area (Å²) in [6.45, 7) is 0.362. The lowest BCUT2D eigenvalue weighted by molar-refractivity contribution is -0.123. The Morgan fingerprint density at radius 3 is 2.33 bits per heavy atom. The Balaban J connectivity index is 1.41. The second kappa shape index (κ2) is 10.8. The van der Waals surface area contributed by atoms with Gasteiger partial charge in [-0.2, -0.15) is 0 Å². The number of halogens is 1. The maximum absolute atomic E-state index is 12.5. The predicted molar refractivity (Wildman–Crippen MR) is 117 cm³/mol. The number of ether oxygens (including phenoxy) is 1. The Hall–Kier alpha value is -2.09. The molecule has 0 unspecified atom stereocenters. The summed E-state index contributed by atoms with van der Waals surface area (Å²) < 4.78 is 33.3. The molecule has 1 saturated carbocycles. The van der Waals surface area contributed by atoms with Gasteiger partial charge in [-0.25, -0.2) is 13.1 Å². The van der Waals surface area contributed by atoms with Crippen LogP contribution in [0.25, 0.3) is 0 Å². The number of sulfonamides is 1. The second-order valence-electron chi connectivity index (χ2n) is 7.44. The van der Waals surface area contributed by atoms with Crippen LogP contribution in [0.4, 0.5) is 0 Å². The lowest BCUT2D eigenvalue weighted by atomic mass is 9.96. The molecule has 1 fully saturated rings. The molecule has 2 aromatic rings. The topological polar surface area (TPSA) is 84.5 Å². The maximum atomic E-state index is 12.5. The van der Waals surface area contributed by atoms with Crippen LogP contribution >= 0.6 is 11.6 Å². The van der Waals surface area contributed by atoms with E-state index < -0.39 is 10.0 Å². The highest BCUT2D eigenvalue weighted by atomic mass is 35.5. The van der Waals surface area contributed by atoms with Gasteiger partial charge in [0.1, 0.15) is 5.75 Å². The Morgan fingerprint density at radius 2 is 1.67 bits per heavy atom. The average Bonchev–Trinajstić information content (AvgIpc) is 2.74. The van der Waals surface area contributed by atoms with E-state index in [0.717, 1.165) is 31.2 Å². The minimum atomic E-state index is -3.49. The number of hydrogen-bond acceptors (Lipinski definition) is 4. The van der Waals surface area contributed by atoms with E-state index in [2.05, 4.69) is 10.0 Å². The standard InChI is InChI=1S/C22H27ClN2O4S/c23-18-8-10-20(11-9-18)29-16-22(26)24-15-14-17-6-12-21(13-7-17)30(27,28)25-19-4-2-1-3-5-19/h6-13,19,25H,1-5,14-16H2,(H,24,26). The minimum Gasteiger partial charge on any atom is -0.484 e. The SMILES string of the molecule is O=C(COc1ccc(Cl)cc1)NCCc1ccc(S(=O)(=O)NC2CCCCC2)cc1. The van der Waals surface area contributed by atoms with Crippen LogP contribution < -0.4 is 14.8 Å². The van der Waals surface area contributed by atoms with Crippen molar-refractivity contribution >= 4 is 27.5 Å². The summed E-state index contributed by atoms with van der Waals surface area (Å²) in [6, 6.07) is 13.6. The lowest BCUT2D eigenvalue weighted by Gasteiger charge is -2.22. The van der Waals surface area contributed by atoms with Crippen molar-refractivity contribution in [1.82, 2.24) is 10.0 Å². The third-order valence-corrected chi connectivity index (χ3v) is 6.87. The van der Waals surface area contributed by atoms with Gasteiger partial charge in [0.25, 0.3) is 5.91 Å². The fraction of sp³-hybridized carbons (Fsp3) is 0.409. The molecule has 1 aliphatic rings. The number of amides is 1.